The number of hydrogen-bond acceptors (Lipinski definition) is 0. The Hall–Kier alpha value is -0.260. The molecule has 0 N–H and O–H groups in total. The molecular weight excluding hydrogens is 240 g/mol. The zero-order valence-corrected chi connectivity index (χ0v) is 14.7. The SMILES string of the molecule is CCCCCCCCC/C=C(\C)CCCCCCCC. The number of rotatable bonds is 15. The summed E-state index contributed by atoms with van der Waals surface area (Å²) in [6.45, 7) is 6.90. The summed E-state index contributed by atoms with van der Waals surface area (Å²) >= 11 is 0. The van der Waals surface area contributed by atoms with Crippen LogP contribution in [-0.2, 0) is 0 Å². The second kappa shape index (κ2) is 16.8. The molecule has 0 fully saturated rings. The molecule has 0 heterocycles. The van der Waals surface area contributed by atoms with E-state index in [4.69, 9.17) is 0 Å². The van der Waals surface area contributed by atoms with Gasteiger partial charge in [-0.05, 0) is 32.6 Å². The van der Waals surface area contributed by atoms with Crippen molar-refractivity contribution in [2.75, 3.05) is 0 Å². The molecule has 0 aliphatic heterocycles. The number of hydrogen-bond donors (Lipinski definition) is 0. The highest BCUT2D eigenvalue weighted by Gasteiger charge is 1.94. The number of allylic oxidation sites excluding steroid dienone is 2. The van der Waals surface area contributed by atoms with E-state index in [1.54, 1.807) is 5.57 Å². The van der Waals surface area contributed by atoms with Crippen molar-refractivity contribution >= 4 is 0 Å². The minimum atomic E-state index is 1.31. The van der Waals surface area contributed by atoms with Gasteiger partial charge in [0.05, 0.1) is 0 Å². The smallest absolute Gasteiger partial charge is 0.0323 e. The lowest BCUT2D eigenvalue weighted by atomic mass is 10.0. The maximum Gasteiger partial charge on any atom is -0.0323 e. The summed E-state index contributed by atoms with van der Waals surface area (Å²) in [4.78, 5) is 0. The fourth-order valence-corrected chi connectivity index (χ4v) is 2.74. The average molecular weight is 281 g/mol. The summed E-state index contributed by atoms with van der Waals surface area (Å²) in [7, 11) is 0. The summed E-state index contributed by atoms with van der Waals surface area (Å²) in [6.07, 6.45) is 23.6. The van der Waals surface area contributed by atoms with Crippen molar-refractivity contribution in [3.63, 3.8) is 0 Å². The molecule has 20 heavy (non-hydrogen) atoms. The zero-order valence-electron chi connectivity index (χ0n) is 14.7. The third-order valence-corrected chi connectivity index (χ3v) is 4.23. The first kappa shape index (κ1) is 19.7. The van der Waals surface area contributed by atoms with Crippen molar-refractivity contribution in [2.24, 2.45) is 0 Å². The number of unbranched alkanes of at least 4 members (excludes halogenated alkanes) is 12. The summed E-state index contributed by atoms with van der Waals surface area (Å²) < 4.78 is 0. The molecule has 0 aromatic carbocycles. The van der Waals surface area contributed by atoms with Gasteiger partial charge in [0, 0.05) is 0 Å². The van der Waals surface area contributed by atoms with Gasteiger partial charge in [0.15, 0.2) is 0 Å². The van der Waals surface area contributed by atoms with Crippen LogP contribution in [0.3, 0.4) is 0 Å². The quantitative estimate of drug-likeness (QED) is 0.212. The van der Waals surface area contributed by atoms with Gasteiger partial charge in [0.1, 0.15) is 0 Å². The van der Waals surface area contributed by atoms with Crippen LogP contribution in [0.25, 0.3) is 0 Å². The van der Waals surface area contributed by atoms with Crippen LogP contribution in [-0.4, -0.2) is 0 Å². The van der Waals surface area contributed by atoms with Crippen molar-refractivity contribution in [1.82, 2.24) is 0 Å². The lowest BCUT2D eigenvalue weighted by molar-refractivity contribution is 0.590. The van der Waals surface area contributed by atoms with Crippen LogP contribution in [0.5, 0.6) is 0 Å². The average Bonchev–Trinajstić information content (AvgIpc) is 2.45. The van der Waals surface area contributed by atoms with E-state index in [1.165, 1.54) is 96.3 Å². The van der Waals surface area contributed by atoms with Crippen LogP contribution in [0, 0.1) is 0 Å². The van der Waals surface area contributed by atoms with E-state index < -0.39 is 0 Å². The molecule has 0 amide bonds. The van der Waals surface area contributed by atoms with Crippen LogP contribution in [0.2, 0.25) is 0 Å². The molecule has 0 heteroatoms. The first-order valence-electron chi connectivity index (χ1n) is 9.46. The van der Waals surface area contributed by atoms with Gasteiger partial charge < -0.3 is 0 Å². The molecule has 0 bridgehead atoms. The second-order valence-corrected chi connectivity index (χ2v) is 6.48. The Labute approximate surface area is 129 Å². The van der Waals surface area contributed by atoms with Crippen molar-refractivity contribution in [1.29, 1.82) is 0 Å². The van der Waals surface area contributed by atoms with E-state index in [0.717, 1.165) is 0 Å². The predicted octanol–water partition coefficient (Wildman–Crippen LogP) is 7.82. The first-order valence-corrected chi connectivity index (χ1v) is 9.46. The third kappa shape index (κ3) is 15.8. The molecule has 0 saturated carbocycles. The van der Waals surface area contributed by atoms with Gasteiger partial charge in [-0.1, -0.05) is 96.1 Å². The Morgan fingerprint density at radius 3 is 1.60 bits per heavy atom. The highest BCUT2D eigenvalue weighted by molar-refractivity contribution is 4.97. The van der Waals surface area contributed by atoms with Crippen molar-refractivity contribution in [3.8, 4) is 0 Å². The molecule has 0 aliphatic rings. The lowest BCUT2D eigenvalue weighted by Crippen LogP contribution is -1.83. The molecule has 120 valence electrons. The monoisotopic (exact) mass is 280 g/mol. The molecular formula is C20H40. The largest absolute Gasteiger partial charge is 0.0856 e. The Morgan fingerprint density at radius 1 is 0.600 bits per heavy atom. The van der Waals surface area contributed by atoms with Gasteiger partial charge in [-0.15, -0.1) is 0 Å². The summed E-state index contributed by atoms with van der Waals surface area (Å²) in [5, 5.41) is 0. The Morgan fingerprint density at radius 2 is 1.05 bits per heavy atom. The van der Waals surface area contributed by atoms with E-state index in [0.29, 0.717) is 0 Å². The molecule has 0 radical (unpaired) electrons. The Kier molecular flexibility index (Phi) is 16.6. The van der Waals surface area contributed by atoms with Gasteiger partial charge in [0.25, 0.3) is 0 Å². The van der Waals surface area contributed by atoms with Gasteiger partial charge in [-0.25, -0.2) is 0 Å². The topological polar surface area (TPSA) is 0 Å². The molecule has 0 aromatic heterocycles. The maximum absolute atomic E-state index is 2.50. The molecule has 0 saturated heterocycles. The molecule has 0 rings (SSSR count). The zero-order chi connectivity index (χ0) is 14.9. The normalized spacial score (nSPS) is 12.1. The first-order chi connectivity index (χ1) is 9.81. The van der Waals surface area contributed by atoms with E-state index in [1.807, 2.05) is 0 Å². The predicted molar refractivity (Wildman–Crippen MR) is 94.4 cm³/mol. The van der Waals surface area contributed by atoms with Crippen LogP contribution >= 0.6 is 0 Å². The molecule has 0 aliphatic carbocycles. The van der Waals surface area contributed by atoms with Crippen molar-refractivity contribution in [2.45, 2.75) is 117 Å². The minimum Gasteiger partial charge on any atom is -0.0856 e. The van der Waals surface area contributed by atoms with Crippen LogP contribution in [0.4, 0.5) is 0 Å². The van der Waals surface area contributed by atoms with Gasteiger partial charge >= 0.3 is 0 Å². The minimum absolute atomic E-state index is 1.31. The van der Waals surface area contributed by atoms with E-state index in [-0.39, 0.29) is 0 Å². The second-order valence-electron chi connectivity index (χ2n) is 6.48. The standard InChI is InChI=1S/C20H40/c1-4-6-8-10-12-13-15-17-19-20(3)18-16-14-11-9-7-5-2/h19H,4-18H2,1-3H3/b20-19+. The van der Waals surface area contributed by atoms with Gasteiger partial charge in [0.2, 0.25) is 0 Å². The van der Waals surface area contributed by atoms with Crippen molar-refractivity contribution < 1.29 is 0 Å². The van der Waals surface area contributed by atoms with Crippen molar-refractivity contribution in [3.05, 3.63) is 11.6 Å². The fourth-order valence-electron chi connectivity index (χ4n) is 2.74. The summed E-state index contributed by atoms with van der Waals surface area (Å²) in [5.74, 6) is 0. The van der Waals surface area contributed by atoms with Gasteiger partial charge in [-0.2, -0.15) is 0 Å². The molecule has 0 unspecified atom stereocenters. The molecule has 0 nitrogen and oxygen atoms in total. The summed E-state index contributed by atoms with van der Waals surface area (Å²) in [6, 6.07) is 0. The van der Waals surface area contributed by atoms with Crippen LogP contribution < -0.4 is 0 Å². The fraction of sp³-hybridized carbons (Fsp3) is 0.900. The lowest BCUT2D eigenvalue weighted by Gasteiger charge is -2.03. The highest BCUT2D eigenvalue weighted by Crippen LogP contribution is 2.14. The van der Waals surface area contributed by atoms with Gasteiger partial charge in [-0.3, -0.25) is 0 Å². The molecule has 0 spiro atoms. The third-order valence-electron chi connectivity index (χ3n) is 4.23. The van der Waals surface area contributed by atoms with E-state index in [2.05, 4.69) is 26.8 Å². The van der Waals surface area contributed by atoms with Crippen LogP contribution in [0.1, 0.15) is 117 Å². The van der Waals surface area contributed by atoms with E-state index in [9.17, 15) is 0 Å². The molecule has 0 aromatic rings. The maximum atomic E-state index is 2.50. The highest BCUT2D eigenvalue weighted by atomic mass is 14.0. The Bertz CT molecular complexity index is 202. The van der Waals surface area contributed by atoms with E-state index >= 15 is 0 Å². The summed E-state index contributed by atoms with van der Waals surface area (Å²) in [5.41, 5.74) is 1.63. The molecule has 0 atom stereocenters. The van der Waals surface area contributed by atoms with Crippen LogP contribution in [0.15, 0.2) is 11.6 Å². The Balaban J connectivity index is 3.25.